The maximum atomic E-state index is 12.0. The van der Waals surface area contributed by atoms with Crippen molar-refractivity contribution in [1.82, 2.24) is 20.4 Å². The van der Waals surface area contributed by atoms with Crippen LogP contribution in [0.25, 0.3) is 0 Å². The summed E-state index contributed by atoms with van der Waals surface area (Å²) in [6, 6.07) is 0. The number of likely N-dealkylation sites (N-methyl/N-ethyl adjacent to an activating group) is 1. The molecule has 21 heavy (non-hydrogen) atoms. The molecule has 0 saturated carbocycles. The van der Waals surface area contributed by atoms with E-state index in [2.05, 4.69) is 15.5 Å². The molecule has 2 aliphatic rings. The maximum Gasteiger partial charge on any atom is 0.225 e. The van der Waals surface area contributed by atoms with Crippen LogP contribution < -0.4 is 10.6 Å². The van der Waals surface area contributed by atoms with Crippen LogP contribution in [0.2, 0.25) is 0 Å². The predicted molar refractivity (Wildman–Crippen MR) is 78.9 cm³/mol. The molecule has 2 aliphatic heterocycles. The second-order valence-electron chi connectivity index (χ2n) is 5.59. The molecule has 0 radical (unpaired) electrons. The molecule has 1 unspecified atom stereocenters. The van der Waals surface area contributed by atoms with Crippen molar-refractivity contribution in [3.8, 4) is 0 Å². The van der Waals surface area contributed by atoms with Crippen molar-refractivity contribution >= 4 is 11.8 Å². The van der Waals surface area contributed by atoms with E-state index < -0.39 is 0 Å². The van der Waals surface area contributed by atoms with Crippen molar-refractivity contribution in [2.45, 2.75) is 6.42 Å². The number of carbonyl (C=O) groups is 2. The molecule has 2 fully saturated rings. The van der Waals surface area contributed by atoms with Gasteiger partial charge in [0, 0.05) is 52.2 Å². The zero-order valence-electron chi connectivity index (χ0n) is 12.8. The molecule has 0 aromatic heterocycles. The van der Waals surface area contributed by atoms with Crippen molar-refractivity contribution in [3.05, 3.63) is 0 Å². The number of amides is 2. The molecular weight excluding hydrogens is 272 g/mol. The number of rotatable bonds is 7. The lowest BCUT2D eigenvalue weighted by atomic mass is 10.1. The van der Waals surface area contributed by atoms with E-state index >= 15 is 0 Å². The molecule has 2 saturated heterocycles. The average molecular weight is 298 g/mol. The lowest BCUT2D eigenvalue weighted by molar-refractivity contribution is -0.129. The Morgan fingerprint density at radius 1 is 1.29 bits per heavy atom. The highest BCUT2D eigenvalue weighted by Crippen LogP contribution is 2.17. The van der Waals surface area contributed by atoms with E-state index in [1.165, 1.54) is 0 Å². The fraction of sp³-hybridized carbons (Fsp3) is 0.857. The highest BCUT2D eigenvalue weighted by atomic mass is 16.5. The Morgan fingerprint density at radius 3 is 2.76 bits per heavy atom. The van der Waals surface area contributed by atoms with Gasteiger partial charge in [0.05, 0.1) is 19.1 Å². The number of nitrogens with one attached hydrogen (secondary N) is 2. The molecule has 0 aromatic rings. The van der Waals surface area contributed by atoms with Crippen LogP contribution in [-0.4, -0.2) is 87.7 Å². The summed E-state index contributed by atoms with van der Waals surface area (Å²) in [5, 5.41) is 5.84. The lowest BCUT2D eigenvalue weighted by Crippen LogP contribution is -2.42. The van der Waals surface area contributed by atoms with Gasteiger partial charge in [-0.05, 0) is 7.05 Å². The molecule has 0 spiro atoms. The minimum Gasteiger partial charge on any atom is -0.379 e. The minimum atomic E-state index is -0.195. The minimum absolute atomic E-state index is 0.00697. The average Bonchev–Trinajstić information content (AvgIpc) is 2.88. The molecule has 2 N–H and O–H groups in total. The van der Waals surface area contributed by atoms with Crippen LogP contribution in [0.3, 0.4) is 0 Å². The smallest absolute Gasteiger partial charge is 0.225 e. The summed E-state index contributed by atoms with van der Waals surface area (Å²) in [5.41, 5.74) is 0. The van der Waals surface area contributed by atoms with Gasteiger partial charge in [-0.3, -0.25) is 14.5 Å². The highest BCUT2D eigenvalue weighted by molar-refractivity contribution is 5.89. The van der Waals surface area contributed by atoms with Crippen LogP contribution in [0.1, 0.15) is 6.42 Å². The summed E-state index contributed by atoms with van der Waals surface area (Å²) in [7, 11) is 1.85. The van der Waals surface area contributed by atoms with E-state index in [0.717, 1.165) is 39.4 Å². The molecule has 120 valence electrons. The van der Waals surface area contributed by atoms with Gasteiger partial charge in [-0.2, -0.15) is 0 Å². The fourth-order valence-corrected chi connectivity index (χ4v) is 2.71. The first kappa shape index (κ1) is 16.2. The number of hydrogen-bond donors (Lipinski definition) is 2. The molecule has 2 amide bonds. The van der Waals surface area contributed by atoms with Crippen molar-refractivity contribution in [1.29, 1.82) is 0 Å². The quantitative estimate of drug-likeness (QED) is 0.560. The van der Waals surface area contributed by atoms with Crippen molar-refractivity contribution in [2.24, 2.45) is 5.92 Å². The van der Waals surface area contributed by atoms with Crippen LogP contribution in [0.4, 0.5) is 0 Å². The number of morpholine rings is 1. The van der Waals surface area contributed by atoms with Gasteiger partial charge in [-0.25, -0.2) is 0 Å². The van der Waals surface area contributed by atoms with E-state index in [-0.39, 0.29) is 17.7 Å². The van der Waals surface area contributed by atoms with Gasteiger partial charge < -0.3 is 20.3 Å². The standard InChI is InChI=1S/C14H26N4O3/c1-15-2-3-16-14(20)12-10-13(19)18(11-12)5-4-17-6-8-21-9-7-17/h12,15H,2-11H2,1H3,(H,16,20). The zero-order valence-corrected chi connectivity index (χ0v) is 12.8. The Hall–Kier alpha value is -1.18. The van der Waals surface area contributed by atoms with Gasteiger partial charge in [-0.1, -0.05) is 0 Å². The summed E-state index contributed by atoms with van der Waals surface area (Å²) in [6.07, 6.45) is 0.342. The molecule has 7 heteroatoms. The van der Waals surface area contributed by atoms with Crippen LogP contribution >= 0.6 is 0 Å². The summed E-state index contributed by atoms with van der Waals surface area (Å²) >= 11 is 0. The predicted octanol–water partition coefficient (Wildman–Crippen LogP) is -1.50. The summed E-state index contributed by atoms with van der Waals surface area (Å²) in [6.45, 7) is 6.86. The van der Waals surface area contributed by atoms with Gasteiger partial charge in [0.25, 0.3) is 0 Å². The zero-order chi connectivity index (χ0) is 15.1. The Kier molecular flexibility index (Phi) is 6.41. The third-order valence-corrected chi connectivity index (χ3v) is 4.05. The molecule has 0 aromatic carbocycles. The van der Waals surface area contributed by atoms with Crippen molar-refractivity contribution in [2.75, 3.05) is 66.1 Å². The summed E-state index contributed by atoms with van der Waals surface area (Å²) in [4.78, 5) is 28.1. The van der Waals surface area contributed by atoms with E-state index in [1.807, 2.05) is 11.9 Å². The third kappa shape index (κ3) is 4.94. The highest BCUT2D eigenvalue weighted by Gasteiger charge is 2.34. The Labute approximate surface area is 126 Å². The Bertz CT molecular complexity index is 358. The fourth-order valence-electron chi connectivity index (χ4n) is 2.71. The normalized spacial score (nSPS) is 23.6. The van der Waals surface area contributed by atoms with Crippen molar-refractivity contribution < 1.29 is 14.3 Å². The molecular formula is C14H26N4O3. The molecule has 7 nitrogen and oxygen atoms in total. The molecule has 1 atom stereocenters. The van der Waals surface area contributed by atoms with Gasteiger partial charge in [0.2, 0.25) is 11.8 Å². The van der Waals surface area contributed by atoms with Gasteiger partial charge in [-0.15, -0.1) is 0 Å². The number of ether oxygens (including phenoxy) is 1. The number of carbonyl (C=O) groups excluding carboxylic acids is 2. The number of hydrogen-bond acceptors (Lipinski definition) is 5. The SMILES string of the molecule is CNCCNC(=O)C1CC(=O)N(CCN2CCOCC2)C1. The van der Waals surface area contributed by atoms with Crippen LogP contribution in [0.15, 0.2) is 0 Å². The Morgan fingerprint density at radius 2 is 2.05 bits per heavy atom. The Balaban J connectivity index is 1.70. The van der Waals surface area contributed by atoms with Crippen LogP contribution in [0, 0.1) is 5.92 Å². The maximum absolute atomic E-state index is 12.0. The third-order valence-electron chi connectivity index (χ3n) is 4.05. The van der Waals surface area contributed by atoms with Gasteiger partial charge in [0.1, 0.15) is 0 Å². The summed E-state index contributed by atoms with van der Waals surface area (Å²) < 4.78 is 5.31. The van der Waals surface area contributed by atoms with E-state index in [9.17, 15) is 9.59 Å². The van der Waals surface area contributed by atoms with Crippen molar-refractivity contribution in [3.63, 3.8) is 0 Å². The molecule has 0 aliphatic carbocycles. The number of nitrogens with zero attached hydrogens (tertiary/aromatic N) is 2. The first-order valence-electron chi connectivity index (χ1n) is 7.71. The molecule has 0 bridgehead atoms. The van der Waals surface area contributed by atoms with Gasteiger partial charge >= 0.3 is 0 Å². The van der Waals surface area contributed by atoms with Gasteiger partial charge in [0.15, 0.2) is 0 Å². The second kappa shape index (κ2) is 8.31. The van der Waals surface area contributed by atoms with Crippen LogP contribution in [-0.2, 0) is 14.3 Å². The molecule has 2 rings (SSSR count). The second-order valence-corrected chi connectivity index (χ2v) is 5.59. The number of likely N-dealkylation sites (tertiary alicyclic amines) is 1. The lowest BCUT2D eigenvalue weighted by Gasteiger charge is -2.28. The van der Waals surface area contributed by atoms with E-state index in [0.29, 0.717) is 26.1 Å². The summed E-state index contributed by atoms with van der Waals surface area (Å²) in [5.74, 6) is -0.108. The monoisotopic (exact) mass is 298 g/mol. The first-order chi connectivity index (χ1) is 10.2. The van der Waals surface area contributed by atoms with E-state index in [1.54, 1.807) is 0 Å². The topological polar surface area (TPSA) is 73.9 Å². The van der Waals surface area contributed by atoms with E-state index in [4.69, 9.17) is 4.74 Å². The van der Waals surface area contributed by atoms with Crippen LogP contribution in [0.5, 0.6) is 0 Å². The largest absolute Gasteiger partial charge is 0.379 e. The first-order valence-corrected chi connectivity index (χ1v) is 7.71. The molecule has 2 heterocycles.